The van der Waals surface area contributed by atoms with E-state index >= 15 is 0 Å². The van der Waals surface area contributed by atoms with Crippen molar-refractivity contribution < 1.29 is 23.4 Å². The SMILES string of the molecule is COc1c(F)cc(Cc2nc3c(c4c2[nH]c2ccccc24)CCN(CC(=O)O)C3)cc1F. The maximum absolute atomic E-state index is 14.3. The van der Waals surface area contributed by atoms with E-state index in [1.165, 1.54) is 19.2 Å². The van der Waals surface area contributed by atoms with Crippen LogP contribution in [0.15, 0.2) is 36.4 Å². The number of nitrogens with one attached hydrogen (secondary N) is 1. The molecule has 2 aromatic carbocycles. The molecule has 5 rings (SSSR count). The number of rotatable bonds is 5. The standard InChI is InChI=1S/C24H21F2N3O3/c1-32-24-16(25)8-13(9-17(24)26)10-19-23-22(14-4-2-3-5-18(14)28-23)15-6-7-29(12-21(30)31)11-20(15)27-19/h2-5,8-9,28H,6-7,10-12H2,1H3,(H,30,31). The Hall–Kier alpha value is -3.52. The summed E-state index contributed by atoms with van der Waals surface area (Å²) in [5, 5.41) is 11.3. The number of ether oxygens (including phenoxy) is 1. The smallest absolute Gasteiger partial charge is 0.317 e. The van der Waals surface area contributed by atoms with Crippen molar-refractivity contribution in [2.24, 2.45) is 0 Å². The molecule has 0 saturated heterocycles. The fourth-order valence-electron chi connectivity index (χ4n) is 4.62. The van der Waals surface area contributed by atoms with Gasteiger partial charge >= 0.3 is 5.97 Å². The van der Waals surface area contributed by atoms with Crippen LogP contribution in [0.3, 0.4) is 0 Å². The Balaban J connectivity index is 1.66. The van der Waals surface area contributed by atoms with Crippen LogP contribution >= 0.6 is 0 Å². The molecule has 1 aliphatic rings. The quantitative estimate of drug-likeness (QED) is 0.493. The molecule has 2 N–H and O–H groups in total. The second-order valence-corrected chi connectivity index (χ2v) is 8.03. The maximum atomic E-state index is 14.3. The number of para-hydroxylation sites is 1. The number of pyridine rings is 1. The van der Waals surface area contributed by atoms with Gasteiger partial charge < -0.3 is 14.8 Å². The van der Waals surface area contributed by atoms with Gasteiger partial charge in [0.2, 0.25) is 0 Å². The Labute approximate surface area is 182 Å². The molecular formula is C24H21F2N3O3. The molecule has 1 aliphatic heterocycles. The van der Waals surface area contributed by atoms with Gasteiger partial charge in [-0.2, -0.15) is 0 Å². The Morgan fingerprint density at radius 3 is 2.72 bits per heavy atom. The number of hydrogen-bond acceptors (Lipinski definition) is 4. The van der Waals surface area contributed by atoms with Gasteiger partial charge in [0.05, 0.1) is 30.6 Å². The predicted octanol–water partition coefficient (Wildman–Crippen LogP) is 4.04. The van der Waals surface area contributed by atoms with Gasteiger partial charge in [-0.05, 0) is 35.7 Å². The van der Waals surface area contributed by atoms with Crippen LogP contribution in [0.25, 0.3) is 21.8 Å². The van der Waals surface area contributed by atoms with Crippen molar-refractivity contribution in [3.8, 4) is 5.75 Å². The average Bonchev–Trinajstić information content (AvgIpc) is 3.13. The third-order valence-electron chi connectivity index (χ3n) is 5.96. The number of carboxylic acid groups (broad SMARTS) is 1. The fourth-order valence-corrected chi connectivity index (χ4v) is 4.62. The van der Waals surface area contributed by atoms with Gasteiger partial charge in [0.15, 0.2) is 17.4 Å². The summed E-state index contributed by atoms with van der Waals surface area (Å²) < 4.78 is 33.4. The van der Waals surface area contributed by atoms with Gasteiger partial charge in [-0.15, -0.1) is 0 Å². The Morgan fingerprint density at radius 1 is 1.25 bits per heavy atom. The van der Waals surface area contributed by atoms with Gasteiger partial charge in [-0.3, -0.25) is 14.7 Å². The Kier molecular flexibility index (Phi) is 5.01. The molecule has 164 valence electrons. The second-order valence-electron chi connectivity index (χ2n) is 8.03. The van der Waals surface area contributed by atoms with Crippen LogP contribution in [0, 0.1) is 11.6 Å². The molecule has 8 heteroatoms. The van der Waals surface area contributed by atoms with E-state index in [1.54, 1.807) is 0 Å². The van der Waals surface area contributed by atoms with E-state index in [9.17, 15) is 18.7 Å². The predicted molar refractivity (Wildman–Crippen MR) is 116 cm³/mol. The first kappa shape index (κ1) is 20.4. The van der Waals surface area contributed by atoms with E-state index in [0.29, 0.717) is 30.8 Å². The highest BCUT2D eigenvalue weighted by Crippen LogP contribution is 2.35. The van der Waals surface area contributed by atoms with E-state index in [0.717, 1.165) is 33.1 Å². The summed E-state index contributed by atoms with van der Waals surface area (Å²) in [6.07, 6.45) is 0.896. The monoisotopic (exact) mass is 437 g/mol. The summed E-state index contributed by atoms with van der Waals surface area (Å²) in [4.78, 5) is 21.3. The summed E-state index contributed by atoms with van der Waals surface area (Å²) in [6.45, 7) is 0.983. The molecule has 32 heavy (non-hydrogen) atoms. The molecule has 0 fully saturated rings. The van der Waals surface area contributed by atoms with Crippen LogP contribution in [-0.2, 0) is 24.2 Å². The molecule has 0 amide bonds. The number of halogens is 2. The number of aromatic amines is 1. The van der Waals surface area contributed by atoms with Crippen molar-refractivity contribution in [3.05, 3.63) is 70.5 Å². The molecule has 4 aromatic rings. The Morgan fingerprint density at radius 2 is 2.00 bits per heavy atom. The average molecular weight is 437 g/mol. The van der Waals surface area contributed by atoms with Crippen LogP contribution in [0.1, 0.15) is 22.5 Å². The Bertz CT molecular complexity index is 1340. The van der Waals surface area contributed by atoms with Gasteiger partial charge in [0.1, 0.15) is 0 Å². The van der Waals surface area contributed by atoms with E-state index in [4.69, 9.17) is 9.72 Å². The first-order chi connectivity index (χ1) is 15.4. The van der Waals surface area contributed by atoms with Gasteiger partial charge in [0, 0.05) is 35.8 Å². The van der Waals surface area contributed by atoms with Crippen LogP contribution < -0.4 is 4.74 Å². The molecule has 0 unspecified atom stereocenters. The number of fused-ring (bicyclic) bond motifs is 5. The zero-order valence-electron chi connectivity index (χ0n) is 17.4. The zero-order chi connectivity index (χ0) is 22.4. The van der Waals surface area contributed by atoms with Crippen molar-refractivity contribution >= 4 is 27.8 Å². The number of aliphatic carboxylic acids is 1. The molecule has 0 spiro atoms. The highest BCUT2D eigenvalue weighted by Gasteiger charge is 2.25. The summed E-state index contributed by atoms with van der Waals surface area (Å²) in [5.41, 5.74) is 4.80. The number of carboxylic acids is 1. The first-order valence-electron chi connectivity index (χ1n) is 10.3. The number of hydrogen-bond donors (Lipinski definition) is 2. The minimum Gasteiger partial charge on any atom is -0.491 e. The normalized spacial score (nSPS) is 14.1. The highest BCUT2D eigenvalue weighted by molar-refractivity contribution is 6.10. The third-order valence-corrected chi connectivity index (χ3v) is 5.96. The maximum Gasteiger partial charge on any atom is 0.317 e. The summed E-state index contributed by atoms with van der Waals surface area (Å²) in [5.74, 6) is -2.82. The van der Waals surface area contributed by atoms with Crippen LogP contribution in [0.2, 0.25) is 0 Å². The van der Waals surface area contributed by atoms with E-state index in [2.05, 4.69) is 4.98 Å². The molecule has 0 atom stereocenters. The lowest BCUT2D eigenvalue weighted by Gasteiger charge is -2.27. The van der Waals surface area contributed by atoms with Gasteiger partial charge in [-0.25, -0.2) is 8.78 Å². The van der Waals surface area contributed by atoms with Crippen molar-refractivity contribution in [3.63, 3.8) is 0 Å². The molecule has 0 bridgehead atoms. The summed E-state index contributed by atoms with van der Waals surface area (Å²) in [7, 11) is 1.23. The minimum absolute atomic E-state index is 0.0583. The largest absolute Gasteiger partial charge is 0.491 e. The molecule has 0 saturated carbocycles. The van der Waals surface area contributed by atoms with E-state index in [-0.39, 0.29) is 13.0 Å². The van der Waals surface area contributed by atoms with Crippen molar-refractivity contribution in [1.29, 1.82) is 0 Å². The van der Waals surface area contributed by atoms with Crippen LogP contribution in [-0.4, -0.2) is 46.1 Å². The molecular weight excluding hydrogens is 416 g/mol. The number of methoxy groups -OCH3 is 1. The fraction of sp³-hybridized carbons (Fsp3) is 0.250. The van der Waals surface area contributed by atoms with Crippen molar-refractivity contribution in [2.75, 3.05) is 20.2 Å². The van der Waals surface area contributed by atoms with Gasteiger partial charge in [0.25, 0.3) is 0 Å². The summed E-state index contributed by atoms with van der Waals surface area (Å²) in [6, 6.07) is 10.4. The minimum atomic E-state index is -0.883. The lowest BCUT2D eigenvalue weighted by molar-refractivity contribution is -0.138. The zero-order valence-corrected chi connectivity index (χ0v) is 17.4. The number of benzene rings is 2. The topological polar surface area (TPSA) is 78.5 Å². The number of carbonyl (C=O) groups is 1. The van der Waals surface area contributed by atoms with Gasteiger partial charge in [-0.1, -0.05) is 18.2 Å². The lowest BCUT2D eigenvalue weighted by Crippen LogP contribution is -2.35. The van der Waals surface area contributed by atoms with Crippen LogP contribution in [0.5, 0.6) is 5.75 Å². The first-order valence-corrected chi connectivity index (χ1v) is 10.3. The van der Waals surface area contributed by atoms with Crippen molar-refractivity contribution in [1.82, 2.24) is 14.9 Å². The van der Waals surface area contributed by atoms with Crippen LogP contribution in [0.4, 0.5) is 8.78 Å². The number of nitrogens with zero attached hydrogens (tertiary/aromatic N) is 2. The molecule has 3 heterocycles. The number of aromatic nitrogens is 2. The molecule has 2 aromatic heterocycles. The highest BCUT2D eigenvalue weighted by atomic mass is 19.1. The molecule has 0 aliphatic carbocycles. The lowest BCUT2D eigenvalue weighted by atomic mass is 9.96. The third kappa shape index (κ3) is 3.46. The van der Waals surface area contributed by atoms with Crippen molar-refractivity contribution in [2.45, 2.75) is 19.4 Å². The number of H-pyrrole nitrogens is 1. The van der Waals surface area contributed by atoms with E-state index < -0.39 is 23.4 Å². The summed E-state index contributed by atoms with van der Waals surface area (Å²) >= 11 is 0. The van der Waals surface area contributed by atoms with E-state index in [1.807, 2.05) is 29.2 Å². The second kappa shape index (κ2) is 7.87. The molecule has 6 nitrogen and oxygen atoms in total. The molecule has 0 radical (unpaired) electrons.